The zero-order valence-corrected chi connectivity index (χ0v) is 17.9. The Hall–Kier alpha value is -3.06. The number of amides is 1. The van der Waals surface area contributed by atoms with E-state index in [1.807, 2.05) is 31.2 Å². The third-order valence-electron chi connectivity index (χ3n) is 5.67. The summed E-state index contributed by atoms with van der Waals surface area (Å²) in [5, 5.41) is 4.06. The monoisotopic (exact) mass is 422 g/mol. The lowest BCUT2D eigenvalue weighted by Gasteiger charge is -2.33. The second-order valence-corrected chi connectivity index (χ2v) is 8.28. The van der Waals surface area contributed by atoms with Gasteiger partial charge in [0.1, 0.15) is 5.82 Å². The summed E-state index contributed by atoms with van der Waals surface area (Å²) in [5.41, 5.74) is 3.07. The summed E-state index contributed by atoms with van der Waals surface area (Å²) in [7, 11) is 1.78. The molecule has 4 rings (SSSR count). The first kappa shape index (κ1) is 21.2. The zero-order chi connectivity index (χ0) is 21.8. The van der Waals surface area contributed by atoms with Crippen molar-refractivity contribution in [3.8, 4) is 11.4 Å². The smallest absolute Gasteiger partial charge is 0.246 e. The van der Waals surface area contributed by atoms with Crippen LogP contribution in [0.25, 0.3) is 11.4 Å². The molecule has 1 aliphatic heterocycles. The summed E-state index contributed by atoms with van der Waals surface area (Å²) in [6.07, 6.45) is 1.82. The van der Waals surface area contributed by atoms with E-state index in [4.69, 9.17) is 4.52 Å². The molecule has 1 atom stereocenters. The molecule has 162 valence electrons. The molecule has 31 heavy (non-hydrogen) atoms. The first-order valence-corrected chi connectivity index (χ1v) is 10.6. The molecule has 1 aliphatic rings. The Kier molecular flexibility index (Phi) is 6.42. The van der Waals surface area contributed by atoms with Crippen molar-refractivity contribution in [2.75, 3.05) is 20.1 Å². The molecule has 1 unspecified atom stereocenters. The number of carbonyl (C=O) groups excluding carboxylic acids is 1. The molecule has 0 spiro atoms. The van der Waals surface area contributed by atoms with Crippen LogP contribution in [0.4, 0.5) is 4.39 Å². The van der Waals surface area contributed by atoms with Gasteiger partial charge in [0.25, 0.3) is 0 Å². The number of aryl methyl sites for hydroxylation is 1. The van der Waals surface area contributed by atoms with Crippen LogP contribution in [0.15, 0.2) is 53.1 Å². The standard InChI is InChI=1S/C24H27FN4O2/c1-17-5-3-6-19(13-17)23-26-22(31-27-23)16-28(2)24(30)20-7-4-12-29(15-20)14-18-8-10-21(25)11-9-18/h3,5-6,8-11,13,20H,4,7,12,14-16H2,1-2H3. The van der Waals surface area contributed by atoms with Crippen LogP contribution in [0.3, 0.4) is 0 Å². The Labute approximate surface area is 181 Å². The lowest BCUT2D eigenvalue weighted by Crippen LogP contribution is -2.43. The van der Waals surface area contributed by atoms with Crippen LogP contribution >= 0.6 is 0 Å². The fourth-order valence-corrected chi connectivity index (χ4v) is 4.06. The van der Waals surface area contributed by atoms with Gasteiger partial charge in [-0.15, -0.1) is 0 Å². The van der Waals surface area contributed by atoms with Crippen molar-refractivity contribution in [3.05, 3.63) is 71.4 Å². The van der Waals surface area contributed by atoms with Gasteiger partial charge in [0.15, 0.2) is 0 Å². The summed E-state index contributed by atoms with van der Waals surface area (Å²) >= 11 is 0. The first-order valence-electron chi connectivity index (χ1n) is 10.6. The molecule has 2 aromatic carbocycles. The highest BCUT2D eigenvalue weighted by molar-refractivity contribution is 5.78. The van der Waals surface area contributed by atoms with Gasteiger partial charge in [0.05, 0.1) is 12.5 Å². The molecule has 0 aliphatic carbocycles. The number of hydrogen-bond donors (Lipinski definition) is 0. The Bertz CT molecular complexity index is 1030. The van der Waals surface area contributed by atoms with Gasteiger partial charge >= 0.3 is 0 Å². The van der Waals surface area contributed by atoms with Crippen molar-refractivity contribution in [1.82, 2.24) is 19.9 Å². The first-order chi connectivity index (χ1) is 15.0. The average Bonchev–Trinajstić information content (AvgIpc) is 3.23. The zero-order valence-electron chi connectivity index (χ0n) is 17.9. The Balaban J connectivity index is 1.35. The van der Waals surface area contributed by atoms with Crippen LogP contribution in [-0.4, -0.2) is 46.0 Å². The molecule has 1 saturated heterocycles. The second kappa shape index (κ2) is 9.39. The number of aromatic nitrogens is 2. The predicted octanol–water partition coefficient (Wildman–Crippen LogP) is 4.05. The second-order valence-electron chi connectivity index (χ2n) is 8.28. The van der Waals surface area contributed by atoms with Crippen molar-refractivity contribution in [2.24, 2.45) is 5.92 Å². The molecule has 3 aromatic rings. The molecule has 1 amide bonds. The fourth-order valence-electron chi connectivity index (χ4n) is 4.06. The van der Waals surface area contributed by atoms with E-state index < -0.39 is 0 Å². The number of carbonyl (C=O) groups is 1. The number of hydrogen-bond acceptors (Lipinski definition) is 5. The van der Waals surface area contributed by atoms with E-state index in [9.17, 15) is 9.18 Å². The maximum Gasteiger partial charge on any atom is 0.246 e. The molecule has 6 nitrogen and oxygen atoms in total. The number of nitrogens with zero attached hydrogens (tertiary/aromatic N) is 4. The SMILES string of the molecule is Cc1cccc(-c2noc(CN(C)C(=O)C3CCCN(Cc4ccc(F)cc4)C3)n2)c1. The molecule has 0 radical (unpaired) electrons. The van der Waals surface area contributed by atoms with Crippen LogP contribution in [0, 0.1) is 18.7 Å². The average molecular weight is 423 g/mol. The van der Waals surface area contributed by atoms with Gasteiger partial charge in [-0.2, -0.15) is 4.98 Å². The minimum atomic E-state index is -0.233. The molecule has 1 fully saturated rings. The third kappa shape index (κ3) is 5.35. The third-order valence-corrected chi connectivity index (χ3v) is 5.67. The number of rotatable bonds is 6. The molecule has 0 saturated carbocycles. The Morgan fingerprint density at radius 1 is 1.26 bits per heavy atom. The summed E-state index contributed by atoms with van der Waals surface area (Å²) in [5.74, 6) is 0.732. The highest BCUT2D eigenvalue weighted by Crippen LogP contribution is 2.22. The van der Waals surface area contributed by atoms with Gasteiger partial charge in [-0.05, 0) is 50.1 Å². The topological polar surface area (TPSA) is 62.5 Å². The number of halogens is 1. The van der Waals surface area contributed by atoms with Crippen LogP contribution in [0.2, 0.25) is 0 Å². The molecular formula is C24H27FN4O2. The van der Waals surface area contributed by atoms with E-state index in [1.54, 1.807) is 24.1 Å². The highest BCUT2D eigenvalue weighted by Gasteiger charge is 2.28. The van der Waals surface area contributed by atoms with Crippen LogP contribution < -0.4 is 0 Å². The maximum absolute atomic E-state index is 13.1. The summed E-state index contributed by atoms with van der Waals surface area (Å²) in [4.78, 5) is 21.4. The van der Waals surface area contributed by atoms with Crippen molar-refractivity contribution >= 4 is 5.91 Å². The summed E-state index contributed by atoms with van der Waals surface area (Å²) in [6, 6.07) is 14.5. The van der Waals surface area contributed by atoms with Crippen LogP contribution in [0.1, 0.15) is 29.9 Å². The van der Waals surface area contributed by atoms with E-state index >= 15 is 0 Å². The van der Waals surface area contributed by atoms with Crippen molar-refractivity contribution < 1.29 is 13.7 Å². The van der Waals surface area contributed by atoms with E-state index in [1.165, 1.54) is 12.1 Å². The molecule has 0 N–H and O–H groups in total. The van der Waals surface area contributed by atoms with Gasteiger partial charge < -0.3 is 9.42 Å². The minimum Gasteiger partial charge on any atom is -0.337 e. The largest absolute Gasteiger partial charge is 0.337 e. The van der Waals surface area contributed by atoms with Crippen LogP contribution in [0.5, 0.6) is 0 Å². The van der Waals surface area contributed by atoms with Crippen LogP contribution in [-0.2, 0) is 17.9 Å². The van der Waals surface area contributed by atoms with Gasteiger partial charge in [0.2, 0.25) is 17.6 Å². The Morgan fingerprint density at radius 3 is 2.84 bits per heavy atom. The predicted molar refractivity (Wildman–Crippen MR) is 115 cm³/mol. The van der Waals surface area contributed by atoms with E-state index in [0.29, 0.717) is 18.3 Å². The van der Waals surface area contributed by atoms with E-state index in [-0.39, 0.29) is 24.2 Å². The lowest BCUT2D eigenvalue weighted by molar-refractivity contribution is -0.137. The fraction of sp³-hybridized carbons (Fsp3) is 0.375. The van der Waals surface area contributed by atoms with Crippen molar-refractivity contribution in [1.29, 1.82) is 0 Å². The molecule has 1 aromatic heterocycles. The maximum atomic E-state index is 13.1. The van der Waals surface area contributed by atoms with Gasteiger partial charge in [-0.3, -0.25) is 9.69 Å². The molecule has 7 heteroatoms. The molecular weight excluding hydrogens is 395 g/mol. The lowest BCUT2D eigenvalue weighted by atomic mass is 9.96. The van der Waals surface area contributed by atoms with Gasteiger partial charge in [-0.1, -0.05) is 41.1 Å². The number of benzene rings is 2. The summed E-state index contributed by atoms with van der Waals surface area (Å²) < 4.78 is 18.5. The van der Waals surface area contributed by atoms with Crippen molar-refractivity contribution in [3.63, 3.8) is 0 Å². The van der Waals surface area contributed by atoms with E-state index in [2.05, 4.69) is 15.0 Å². The normalized spacial score (nSPS) is 16.9. The van der Waals surface area contributed by atoms with Crippen molar-refractivity contribution in [2.45, 2.75) is 32.9 Å². The van der Waals surface area contributed by atoms with Gasteiger partial charge in [-0.25, -0.2) is 4.39 Å². The number of piperidine rings is 1. The molecule has 2 heterocycles. The number of likely N-dealkylation sites (tertiary alicyclic amines) is 1. The summed E-state index contributed by atoms with van der Waals surface area (Å²) in [6.45, 7) is 4.65. The molecule has 0 bridgehead atoms. The van der Waals surface area contributed by atoms with Gasteiger partial charge in [0, 0.05) is 25.7 Å². The Morgan fingerprint density at radius 2 is 2.06 bits per heavy atom. The van der Waals surface area contributed by atoms with E-state index in [0.717, 1.165) is 42.6 Å². The quantitative estimate of drug-likeness (QED) is 0.600. The highest BCUT2D eigenvalue weighted by atomic mass is 19.1. The minimum absolute atomic E-state index is 0.0710.